The van der Waals surface area contributed by atoms with Crippen LogP contribution < -0.4 is 21.2 Å². The van der Waals surface area contributed by atoms with Crippen LogP contribution in [0.4, 0.5) is 0 Å². The zero-order chi connectivity index (χ0) is 29.3. The van der Waals surface area contributed by atoms with Crippen molar-refractivity contribution in [2.24, 2.45) is 0 Å². The molecule has 8 heteroatoms. The summed E-state index contributed by atoms with van der Waals surface area (Å²) in [5.74, 6) is -1.43. The topological polar surface area (TPSA) is 86.7 Å². The Hall–Kier alpha value is -3.72. The number of benzene rings is 4. The molecule has 41 heavy (non-hydrogen) atoms. The van der Waals surface area contributed by atoms with Crippen molar-refractivity contribution in [3.63, 3.8) is 0 Å². The van der Waals surface area contributed by atoms with E-state index in [1.807, 2.05) is 0 Å². The highest BCUT2D eigenvalue weighted by Crippen LogP contribution is 2.57. The van der Waals surface area contributed by atoms with E-state index in [4.69, 9.17) is 9.47 Å². The maximum absolute atomic E-state index is 15.4. The van der Waals surface area contributed by atoms with Gasteiger partial charge in [0, 0.05) is 21.2 Å². The Morgan fingerprint density at radius 3 is 0.976 bits per heavy atom. The number of rotatable bonds is 12. The molecule has 0 aliphatic carbocycles. The molecule has 4 rings (SSSR count). The van der Waals surface area contributed by atoms with Crippen LogP contribution in [-0.2, 0) is 28.2 Å². The Kier molecular flexibility index (Phi) is 10.2. The molecule has 0 aliphatic rings. The molecular weight excluding hydrogens is 554 g/mol. The lowest BCUT2D eigenvalue weighted by Crippen LogP contribution is -2.41. The normalized spacial score (nSPS) is 13.1. The molecule has 0 spiro atoms. The Bertz CT molecular complexity index is 1320. The Morgan fingerprint density at radius 2 is 0.756 bits per heavy atom. The van der Waals surface area contributed by atoms with Crippen molar-refractivity contribution >= 4 is 47.4 Å². The van der Waals surface area contributed by atoms with Crippen LogP contribution in [0, 0.1) is 0 Å². The highest BCUT2D eigenvalue weighted by Gasteiger charge is 2.50. The van der Waals surface area contributed by atoms with Gasteiger partial charge in [-0.1, -0.05) is 121 Å². The molecule has 6 nitrogen and oxygen atoms in total. The van der Waals surface area contributed by atoms with Crippen molar-refractivity contribution < 1.29 is 28.2 Å². The van der Waals surface area contributed by atoms with Gasteiger partial charge in [0.1, 0.15) is 11.3 Å². The van der Waals surface area contributed by atoms with Crippen LogP contribution in [0.3, 0.4) is 0 Å². The zero-order valence-corrected chi connectivity index (χ0v) is 25.0. The average molecular weight is 589 g/mol. The number of ether oxygens (including phenoxy) is 2. The molecule has 0 unspecified atom stereocenters. The zero-order valence-electron chi connectivity index (χ0n) is 23.2. The van der Waals surface area contributed by atoms with Crippen LogP contribution in [0.15, 0.2) is 121 Å². The fourth-order valence-electron chi connectivity index (χ4n) is 5.09. The number of carbonyl (C=O) groups is 2. The molecule has 0 saturated carbocycles. The Morgan fingerprint density at radius 1 is 0.512 bits per heavy atom. The first-order valence-electron chi connectivity index (χ1n) is 13.6. The van der Waals surface area contributed by atoms with E-state index in [1.165, 1.54) is 0 Å². The third-order valence-electron chi connectivity index (χ3n) is 7.00. The summed E-state index contributed by atoms with van der Waals surface area (Å²) in [5, 5.41) is 1.78. The summed E-state index contributed by atoms with van der Waals surface area (Å²) in [7, 11) is -7.58. The van der Waals surface area contributed by atoms with Gasteiger partial charge in [-0.2, -0.15) is 0 Å². The standard InChI is InChI=1S/C33H34O6P2/c1-3-38-32(34)30(40(36,26-17-9-5-10-18-26)27-19-11-6-12-20-27)25-31(33(35)39-4-2)41(37,28-21-13-7-14-22-28)29-23-15-8-16-24-29/h5-24,30-31H,3-4,25H2,1-2H3/t30-,31+. The molecule has 0 bridgehead atoms. The van der Waals surface area contributed by atoms with Crippen molar-refractivity contribution in [3.05, 3.63) is 121 Å². The van der Waals surface area contributed by atoms with Crippen LogP contribution in [0.1, 0.15) is 20.3 Å². The summed E-state index contributed by atoms with van der Waals surface area (Å²) in [5.41, 5.74) is -2.61. The smallest absolute Gasteiger partial charge is 0.317 e. The van der Waals surface area contributed by atoms with Gasteiger partial charge in [-0.15, -0.1) is 0 Å². The van der Waals surface area contributed by atoms with Gasteiger partial charge in [0.25, 0.3) is 0 Å². The van der Waals surface area contributed by atoms with E-state index >= 15 is 9.13 Å². The molecular formula is C33H34O6P2. The van der Waals surface area contributed by atoms with E-state index in [1.54, 1.807) is 135 Å². The van der Waals surface area contributed by atoms with Crippen LogP contribution in [0.25, 0.3) is 0 Å². The molecule has 0 saturated heterocycles. The van der Waals surface area contributed by atoms with Crippen LogP contribution in [-0.4, -0.2) is 36.5 Å². The van der Waals surface area contributed by atoms with Gasteiger partial charge >= 0.3 is 11.9 Å². The van der Waals surface area contributed by atoms with E-state index in [2.05, 4.69) is 0 Å². The number of hydrogen-bond acceptors (Lipinski definition) is 6. The fourth-order valence-corrected chi connectivity index (χ4v) is 11.5. The van der Waals surface area contributed by atoms with Crippen molar-refractivity contribution in [2.45, 2.75) is 31.6 Å². The van der Waals surface area contributed by atoms with Crippen LogP contribution in [0.2, 0.25) is 0 Å². The van der Waals surface area contributed by atoms with Gasteiger partial charge in [-0.3, -0.25) is 9.59 Å². The van der Waals surface area contributed by atoms with E-state index in [9.17, 15) is 9.59 Å². The van der Waals surface area contributed by atoms with E-state index in [0.717, 1.165) is 0 Å². The predicted molar refractivity (Wildman–Crippen MR) is 165 cm³/mol. The van der Waals surface area contributed by atoms with Crippen molar-refractivity contribution in [2.75, 3.05) is 13.2 Å². The fraction of sp³-hybridized carbons (Fsp3) is 0.212. The lowest BCUT2D eigenvalue weighted by Gasteiger charge is -2.33. The molecule has 0 aromatic heterocycles. The molecule has 0 heterocycles. The number of carbonyl (C=O) groups excluding carboxylic acids is 2. The summed E-state index contributed by atoms with van der Waals surface area (Å²) >= 11 is 0. The van der Waals surface area contributed by atoms with Gasteiger partial charge < -0.3 is 18.6 Å². The second-order valence-electron chi connectivity index (χ2n) is 9.43. The Labute approximate surface area is 241 Å². The monoisotopic (exact) mass is 588 g/mol. The van der Waals surface area contributed by atoms with Gasteiger partial charge in [0.15, 0.2) is 14.3 Å². The minimum atomic E-state index is -3.79. The first-order chi connectivity index (χ1) is 19.9. The van der Waals surface area contributed by atoms with E-state index < -0.39 is 37.5 Å². The third kappa shape index (κ3) is 6.30. The molecule has 0 N–H and O–H groups in total. The predicted octanol–water partition coefficient (Wildman–Crippen LogP) is 5.27. The third-order valence-corrected chi connectivity index (χ3v) is 13.9. The van der Waals surface area contributed by atoms with Crippen LogP contribution >= 0.6 is 14.3 Å². The SMILES string of the molecule is CCOC(=O)[C@@H](C[C@@H](C(=O)OCC)P(=O)(c1ccccc1)c1ccccc1)P(=O)(c1ccccc1)c1ccccc1. The molecule has 2 atom stereocenters. The lowest BCUT2D eigenvalue weighted by molar-refractivity contribution is -0.144. The Balaban J connectivity index is 1.99. The van der Waals surface area contributed by atoms with Gasteiger partial charge in [-0.25, -0.2) is 0 Å². The largest absolute Gasteiger partial charge is 0.465 e. The summed E-state index contributed by atoms with van der Waals surface area (Å²) in [6.07, 6.45) is -0.306. The maximum atomic E-state index is 15.4. The molecule has 212 valence electrons. The quantitative estimate of drug-likeness (QED) is 0.166. The first-order valence-corrected chi connectivity index (χ1v) is 17.2. The summed E-state index contributed by atoms with van der Waals surface area (Å²) < 4.78 is 41.8. The summed E-state index contributed by atoms with van der Waals surface area (Å²) in [6.45, 7) is 3.45. The summed E-state index contributed by atoms with van der Waals surface area (Å²) in [6, 6.07) is 35.0. The lowest BCUT2D eigenvalue weighted by atomic mass is 10.2. The molecule has 4 aromatic rings. The molecule has 0 radical (unpaired) electrons. The van der Waals surface area contributed by atoms with Crippen molar-refractivity contribution in [1.82, 2.24) is 0 Å². The second-order valence-corrected chi connectivity index (χ2v) is 15.4. The van der Waals surface area contributed by atoms with E-state index in [0.29, 0.717) is 21.2 Å². The molecule has 4 aromatic carbocycles. The average Bonchev–Trinajstić information content (AvgIpc) is 3.02. The highest BCUT2D eigenvalue weighted by molar-refractivity contribution is 7.81. The highest BCUT2D eigenvalue weighted by atomic mass is 31.2. The van der Waals surface area contributed by atoms with Gasteiger partial charge in [0.05, 0.1) is 13.2 Å². The number of esters is 2. The maximum Gasteiger partial charge on any atom is 0.317 e. The minimum Gasteiger partial charge on any atom is -0.465 e. The molecule has 0 amide bonds. The van der Waals surface area contributed by atoms with Crippen molar-refractivity contribution in [1.29, 1.82) is 0 Å². The molecule has 0 fully saturated rings. The first kappa shape index (κ1) is 30.2. The van der Waals surface area contributed by atoms with Crippen LogP contribution in [0.5, 0.6) is 0 Å². The van der Waals surface area contributed by atoms with Gasteiger partial charge in [0.2, 0.25) is 0 Å². The minimum absolute atomic E-state index is 0.0536. The summed E-state index contributed by atoms with van der Waals surface area (Å²) in [4.78, 5) is 27.6. The second kappa shape index (κ2) is 13.8. The number of hydrogen-bond donors (Lipinski definition) is 0. The van der Waals surface area contributed by atoms with E-state index in [-0.39, 0.29) is 19.6 Å². The van der Waals surface area contributed by atoms with Crippen molar-refractivity contribution in [3.8, 4) is 0 Å². The molecule has 0 aliphatic heterocycles. The van der Waals surface area contributed by atoms with Gasteiger partial charge in [-0.05, 0) is 20.3 Å².